The Labute approximate surface area is 102 Å². The van der Waals surface area contributed by atoms with Crippen LogP contribution >= 0.6 is 0 Å². The molecule has 0 aromatic carbocycles. The highest BCUT2D eigenvalue weighted by atomic mass is 16.7. The van der Waals surface area contributed by atoms with Gasteiger partial charge in [-0.2, -0.15) is 0 Å². The zero-order valence-corrected chi connectivity index (χ0v) is 10.5. The van der Waals surface area contributed by atoms with E-state index < -0.39 is 0 Å². The topological polar surface area (TPSA) is 46.6 Å². The molecule has 4 nitrogen and oxygen atoms in total. The van der Waals surface area contributed by atoms with Gasteiger partial charge in [-0.25, -0.2) is 0 Å². The van der Waals surface area contributed by atoms with Gasteiger partial charge in [0.05, 0.1) is 6.61 Å². The minimum absolute atomic E-state index is 0.302. The standard InChI is InChI=1S/C13H19NO3/c1-9-10(2)13(16)14(12(9)15)17-8-11-6-4-3-5-7-11/h11H,3-8H2,1-2H3. The Balaban J connectivity index is 1.88. The lowest BCUT2D eigenvalue weighted by atomic mass is 9.90. The first-order valence-electron chi connectivity index (χ1n) is 6.30. The highest BCUT2D eigenvalue weighted by molar-refractivity contribution is 6.17. The molecule has 1 aliphatic heterocycles. The number of amides is 2. The molecule has 0 aromatic heterocycles. The summed E-state index contributed by atoms with van der Waals surface area (Å²) in [4.78, 5) is 28.8. The van der Waals surface area contributed by atoms with Crippen molar-refractivity contribution in [2.75, 3.05) is 6.61 Å². The highest BCUT2D eigenvalue weighted by Gasteiger charge is 2.35. The maximum atomic E-state index is 11.7. The predicted octanol–water partition coefficient (Wildman–Crippen LogP) is 2.20. The van der Waals surface area contributed by atoms with Crippen LogP contribution in [-0.4, -0.2) is 23.5 Å². The molecule has 2 rings (SSSR count). The van der Waals surface area contributed by atoms with Crippen molar-refractivity contribution < 1.29 is 14.4 Å². The first-order valence-corrected chi connectivity index (χ1v) is 6.30. The third-order valence-corrected chi connectivity index (χ3v) is 3.74. The lowest BCUT2D eigenvalue weighted by molar-refractivity contribution is -0.190. The third kappa shape index (κ3) is 2.41. The molecule has 2 aliphatic rings. The monoisotopic (exact) mass is 237 g/mol. The van der Waals surface area contributed by atoms with Gasteiger partial charge in [-0.3, -0.25) is 14.4 Å². The molecule has 0 unspecified atom stereocenters. The minimum atomic E-state index is -0.302. The summed E-state index contributed by atoms with van der Waals surface area (Å²) < 4.78 is 0. The van der Waals surface area contributed by atoms with E-state index in [1.165, 1.54) is 19.3 Å². The number of hydrogen-bond donors (Lipinski definition) is 0. The molecular formula is C13H19NO3. The second kappa shape index (κ2) is 5.00. The van der Waals surface area contributed by atoms with Crippen molar-refractivity contribution in [1.29, 1.82) is 0 Å². The Hall–Kier alpha value is -1.16. The SMILES string of the molecule is CC1=C(C)C(=O)N(OCC2CCCCC2)C1=O. The molecule has 1 aliphatic carbocycles. The van der Waals surface area contributed by atoms with E-state index in [4.69, 9.17) is 4.84 Å². The van der Waals surface area contributed by atoms with Gasteiger partial charge < -0.3 is 0 Å². The van der Waals surface area contributed by atoms with Crippen molar-refractivity contribution in [3.8, 4) is 0 Å². The van der Waals surface area contributed by atoms with E-state index in [2.05, 4.69) is 0 Å². The molecule has 0 N–H and O–H groups in total. The summed E-state index contributed by atoms with van der Waals surface area (Å²) in [5, 5.41) is 0.930. The Morgan fingerprint density at radius 2 is 1.59 bits per heavy atom. The average molecular weight is 237 g/mol. The highest BCUT2D eigenvalue weighted by Crippen LogP contribution is 2.26. The fourth-order valence-corrected chi connectivity index (χ4v) is 2.37. The second-order valence-corrected chi connectivity index (χ2v) is 4.95. The third-order valence-electron chi connectivity index (χ3n) is 3.74. The molecule has 0 aromatic rings. The van der Waals surface area contributed by atoms with E-state index >= 15 is 0 Å². The van der Waals surface area contributed by atoms with Crippen LogP contribution in [-0.2, 0) is 14.4 Å². The van der Waals surface area contributed by atoms with Crippen LogP contribution in [0.2, 0.25) is 0 Å². The van der Waals surface area contributed by atoms with Gasteiger partial charge in [-0.1, -0.05) is 19.3 Å². The maximum absolute atomic E-state index is 11.7. The quantitative estimate of drug-likeness (QED) is 0.707. The molecule has 4 heteroatoms. The zero-order valence-electron chi connectivity index (χ0n) is 10.5. The predicted molar refractivity (Wildman–Crippen MR) is 62.8 cm³/mol. The molecule has 0 spiro atoms. The molecule has 17 heavy (non-hydrogen) atoms. The van der Waals surface area contributed by atoms with Gasteiger partial charge in [0.2, 0.25) is 0 Å². The lowest BCUT2D eigenvalue weighted by Gasteiger charge is -2.23. The molecule has 1 fully saturated rings. The van der Waals surface area contributed by atoms with Gasteiger partial charge in [-0.15, -0.1) is 5.06 Å². The number of carbonyl (C=O) groups is 2. The Kier molecular flexibility index (Phi) is 3.62. The van der Waals surface area contributed by atoms with Crippen molar-refractivity contribution in [2.45, 2.75) is 46.0 Å². The molecule has 0 bridgehead atoms. The van der Waals surface area contributed by atoms with Gasteiger partial charge in [0, 0.05) is 11.1 Å². The van der Waals surface area contributed by atoms with Crippen LogP contribution in [0.4, 0.5) is 0 Å². The largest absolute Gasteiger partial charge is 0.281 e. The first-order chi connectivity index (χ1) is 8.11. The van der Waals surface area contributed by atoms with E-state index in [9.17, 15) is 9.59 Å². The minimum Gasteiger partial charge on any atom is -0.267 e. The van der Waals surface area contributed by atoms with Crippen molar-refractivity contribution in [3.63, 3.8) is 0 Å². The van der Waals surface area contributed by atoms with Gasteiger partial charge in [0.15, 0.2) is 0 Å². The maximum Gasteiger partial charge on any atom is 0.281 e. The van der Waals surface area contributed by atoms with Crippen LogP contribution in [0.25, 0.3) is 0 Å². The summed E-state index contributed by atoms with van der Waals surface area (Å²) in [7, 11) is 0. The number of nitrogens with zero attached hydrogens (tertiary/aromatic N) is 1. The Morgan fingerprint density at radius 1 is 1.06 bits per heavy atom. The van der Waals surface area contributed by atoms with Gasteiger partial charge in [0.25, 0.3) is 11.8 Å². The average Bonchev–Trinajstić information content (AvgIpc) is 2.54. The summed E-state index contributed by atoms with van der Waals surface area (Å²) in [6.07, 6.45) is 6.03. The molecule has 2 amide bonds. The summed E-state index contributed by atoms with van der Waals surface area (Å²) in [5.74, 6) is -0.114. The van der Waals surface area contributed by atoms with E-state index in [0.717, 1.165) is 17.9 Å². The van der Waals surface area contributed by atoms with Crippen LogP contribution in [0.3, 0.4) is 0 Å². The molecule has 0 saturated heterocycles. The molecule has 1 heterocycles. The van der Waals surface area contributed by atoms with Crippen molar-refractivity contribution in [3.05, 3.63) is 11.1 Å². The van der Waals surface area contributed by atoms with Gasteiger partial charge in [0.1, 0.15) is 0 Å². The summed E-state index contributed by atoms with van der Waals surface area (Å²) in [6, 6.07) is 0. The summed E-state index contributed by atoms with van der Waals surface area (Å²) in [5.41, 5.74) is 0.997. The zero-order chi connectivity index (χ0) is 12.4. The molecule has 94 valence electrons. The van der Waals surface area contributed by atoms with Crippen molar-refractivity contribution in [2.24, 2.45) is 5.92 Å². The van der Waals surface area contributed by atoms with Crippen LogP contribution < -0.4 is 0 Å². The van der Waals surface area contributed by atoms with Gasteiger partial charge in [-0.05, 0) is 32.6 Å². The van der Waals surface area contributed by atoms with Crippen LogP contribution in [0.1, 0.15) is 46.0 Å². The molecule has 1 saturated carbocycles. The van der Waals surface area contributed by atoms with Crippen LogP contribution in [0.15, 0.2) is 11.1 Å². The summed E-state index contributed by atoms with van der Waals surface area (Å²) in [6.45, 7) is 3.82. The summed E-state index contributed by atoms with van der Waals surface area (Å²) >= 11 is 0. The lowest BCUT2D eigenvalue weighted by Crippen LogP contribution is -2.33. The molecular weight excluding hydrogens is 218 g/mol. The van der Waals surface area contributed by atoms with Crippen molar-refractivity contribution >= 4 is 11.8 Å². The molecule has 0 radical (unpaired) electrons. The fourth-order valence-electron chi connectivity index (χ4n) is 2.37. The Morgan fingerprint density at radius 3 is 2.12 bits per heavy atom. The fraction of sp³-hybridized carbons (Fsp3) is 0.692. The van der Waals surface area contributed by atoms with Crippen molar-refractivity contribution in [1.82, 2.24) is 5.06 Å². The number of hydroxylamine groups is 2. The number of imide groups is 1. The Bertz CT molecular complexity index is 343. The van der Waals surface area contributed by atoms with Gasteiger partial charge >= 0.3 is 0 Å². The smallest absolute Gasteiger partial charge is 0.267 e. The number of rotatable bonds is 3. The van der Waals surface area contributed by atoms with E-state index in [1.54, 1.807) is 13.8 Å². The van der Waals surface area contributed by atoms with Crippen LogP contribution in [0.5, 0.6) is 0 Å². The van der Waals surface area contributed by atoms with E-state index in [0.29, 0.717) is 23.7 Å². The second-order valence-electron chi connectivity index (χ2n) is 4.95. The van der Waals surface area contributed by atoms with Crippen LogP contribution in [0, 0.1) is 5.92 Å². The normalized spacial score (nSPS) is 22.8. The first kappa shape index (κ1) is 12.3. The van der Waals surface area contributed by atoms with E-state index in [1.807, 2.05) is 0 Å². The number of hydrogen-bond acceptors (Lipinski definition) is 3. The number of carbonyl (C=O) groups excluding carboxylic acids is 2. The molecule has 0 atom stereocenters. The van der Waals surface area contributed by atoms with E-state index in [-0.39, 0.29) is 11.8 Å².